The summed E-state index contributed by atoms with van der Waals surface area (Å²) in [5, 5.41) is 8.65. The van der Waals surface area contributed by atoms with E-state index in [-0.39, 0.29) is 17.4 Å². The molecule has 0 amide bonds. The van der Waals surface area contributed by atoms with Crippen molar-refractivity contribution < 1.29 is 19.2 Å². The second-order valence-corrected chi connectivity index (χ2v) is 8.11. The van der Waals surface area contributed by atoms with Gasteiger partial charge in [-0.1, -0.05) is 18.4 Å². The van der Waals surface area contributed by atoms with E-state index in [0.717, 1.165) is 0 Å². The third-order valence-electron chi connectivity index (χ3n) is 2.50. The Bertz CT molecular complexity index is 292. The number of ether oxygens (including phenoxy) is 1. The Morgan fingerprint density at radius 3 is 2.22 bits per heavy atom. The van der Waals surface area contributed by atoms with Crippen molar-refractivity contribution in [3.8, 4) is 0 Å². The van der Waals surface area contributed by atoms with Crippen molar-refractivity contribution in [1.29, 1.82) is 0 Å². The Morgan fingerprint density at radius 1 is 1.22 bits per heavy atom. The van der Waals surface area contributed by atoms with E-state index in [1.807, 2.05) is 34.6 Å². The van der Waals surface area contributed by atoms with Crippen LogP contribution in [0, 0.1) is 5.41 Å². The Labute approximate surface area is 111 Å². The average molecular weight is 277 g/mol. The van der Waals surface area contributed by atoms with Gasteiger partial charge in [-0.3, -0.25) is 4.79 Å². The number of aliphatic carboxylic acids is 1. The highest BCUT2D eigenvalue weighted by Gasteiger charge is 2.30. The van der Waals surface area contributed by atoms with Crippen LogP contribution in [-0.2, 0) is 14.1 Å². The van der Waals surface area contributed by atoms with Gasteiger partial charge >= 0.3 is 13.8 Å². The van der Waals surface area contributed by atoms with Crippen molar-refractivity contribution in [2.45, 2.75) is 53.1 Å². The number of carbonyl (C=O) groups is 1. The monoisotopic (exact) mass is 277 g/mol. The van der Waals surface area contributed by atoms with Gasteiger partial charge in [-0.25, -0.2) is 0 Å². The van der Waals surface area contributed by atoms with Gasteiger partial charge in [-0.05, 0) is 27.2 Å². The molecule has 0 saturated carbocycles. The van der Waals surface area contributed by atoms with Crippen LogP contribution in [0.15, 0.2) is 0 Å². The van der Waals surface area contributed by atoms with Gasteiger partial charge in [0.15, 0.2) is 12.3 Å². The van der Waals surface area contributed by atoms with Crippen LogP contribution in [0.25, 0.3) is 0 Å². The molecular weight excluding hydrogens is 251 g/mol. The summed E-state index contributed by atoms with van der Waals surface area (Å²) in [6, 6.07) is 0. The summed E-state index contributed by atoms with van der Waals surface area (Å²) in [6.45, 7) is 10.3. The molecule has 0 bridgehead atoms. The Kier molecular flexibility index (Phi) is 7.01. The minimum absolute atomic E-state index is 0.134. The molecule has 1 atom stereocenters. The molecule has 106 valence electrons. The molecule has 0 rings (SSSR count). The van der Waals surface area contributed by atoms with E-state index in [0.29, 0.717) is 25.4 Å². The van der Waals surface area contributed by atoms with Crippen LogP contribution in [0.3, 0.4) is 0 Å². The summed E-state index contributed by atoms with van der Waals surface area (Å²) in [4.78, 5) is 10.5. The van der Waals surface area contributed by atoms with Crippen molar-refractivity contribution in [3.05, 3.63) is 0 Å². The third kappa shape index (κ3) is 10.7. The van der Waals surface area contributed by atoms with E-state index < -0.39 is 13.8 Å². The average Bonchev–Trinajstić information content (AvgIpc) is 2.12. The lowest BCUT2D eigenvalue weighted by atomic mass is 9.90. The van der Waals surface area contributed by atoms with Gasteiger partial charge in [0.05, 0.1) is 12.2 Å². The number of rotatable bonds is 8. The van der Waals surface area contributed by atoms with E-state index >= 15 is 0 Å². The lowest BCUT2D eigenvalue weighted by molar-refractivity contribution is -0.137. The van der Waals surface area contributed by atoms with Gasteiger partial charge in [0.1, 0.15) is 0 Å². The molecule has 4 nitrogen and oxygen atoms in total. The van der Waals surface area contributed by atoms with Crippen LogP contribution in [0.5, 0.6) is 0 Å². The Morgan fingerprint density at radius 2 is 1.78 bits per heavy atom. The predicted octanol–water partition coefficient (Wildman–Crippen LogP) is 3.52. The van der Waals surface area contributed by atoms with Gasteiger partial charge in [0.2, 0.25) is 0 Å². The number of carboxylic acids is 1. The summed E-state index contributed by atoms with van der Waals surface area (Å²) < 4.78 is 17.4. The molecule has 0 radical (unpaired) electrons. The quantitative estimate of drug-likeness (QED) is 0.689. The van der Waals surface area contributed by atoms with E-state index in [9.17, 15) is 9.36 Å². The zero-order valence-corrected chi connectivity index (χ0v) is 13.0. The van der Waals surface area contributed by atoms with Crippen molar-refractivity contribution in [2.24, 2.45) is 5.41 Å². The molecule has 0 aromatic carbocycles. The van der Waals surface area contributed by atoms with E-state index in [1.54, 1.807) is 0 Å². The van der Waals surface area contributed by atoms with Gasteiger partial charge < -0.3 is 9.84 Å². The first-order chi connectivity index (χ1) is 8.02. The molecule has 0 aliphatic heterocycles. The second kappa shape index (κ2) is 7.20. The van der Waals surface area contributed by atoms with Crippen LogP contribution < -0.4 is 0 Å². The first kappa shape index (κ1) is 17.5. The van der Waals surface area contributed by atoms with Gasteiger partial charge in [-0.2, -0.15) is 0 Å². The first-order valence-electron chi connectivity index (χ1n) is 6.30. The Hall–Kier alpha value is -0.470. The van der Waals surface area contributed by atoms with E-state index in [2.05, 4.69) is 0 Å². The molecule has 0 aliphatic rings. The van der Waals surface area contributed by atoms with Crippen molar-refractivity contribution in [2.75, 3.05) is 18.9 Å². The molecule has 0 aliphatic carbocycles. The van der Waals surface area contributed by atoms with Gasteiger partial charge in [-0.15, -0.1) is 0 Å². The summed E-state index contributed by atoms with van der Waals surface area (Å²) >= 11 is 0. The summed E-state index contributed by atoms with van der Waals surface area (Å²) in [5.74, 6) is -0.797. The molecule has 5 heteroatoms. The largest absolute Gasteiger partial charge is 0.481 e. The van der Waals surface area contributed by atoms with Gasteiger partial charge in [0.25, 0.3) is 0 Å². The summed E-state index contributed by atoms with van der Waals surface area (Å²) in [7, 11) is -1.32. The molecule has 0 aromatic rings. The number of carboxylic acid groups (broad SMARTS) is 1. The Balaban J connectivity index is 3.95. The SMILES string of the molecule is CC(C)(CCC(=O)O)C[P+](=O)CCOC(C)(C)C. The van der Waals surface area contributed by atoms with Crippen LogP contribution in [0.2, 0.25) is 0 Å². The first-order valence-corrected chi connectivity index (χ1v) is 7.93. The normalized spacial score (nSPS) is 13.5. The van der Waals surface area contributed by atoms with Crippen molar-refractivity contribution >= 4 is 13.8 Å². The maximum atomic E-state index is 11.9. The standard InChI is InChI=1S/C13H25O4P/c1-12(2,3)17-8-9-18(16)10-13(4,5)7-6-11(14)15/h6-10H2,1-5H3/p+1. The predicted molar refractivity (Wildman–Crippen MR) is 73.7 cm³/mol. The van der Waals surface area contributed by atoms with Crippen molar-refractivity contribution in [3.63, 3.8) is 0 Å². The van der Waals surface area contributed by atoms with Crippen LogP contribution >= 0.6 is 7.80 Å². The van der Waals surface area contributed by atoms with Crippen LogP contribution in [-0.4, -0.2) is 35.6 Å². The zero-order chi connectivity index (χ0) is 14.4. The van der Waals surface area contributed by atoms with E-state index in [1.165, 1.54) is 0 Å². The zero-order valence-electron chi connectivity index (χ0n) is 12.2. The highest BCUT2D eigenvalue weighted by molar-refractivity contribution is 7.44. The van der Waals surface area contributed by atoms with Crippen LogP contribution in [0.4, 0.5) is 0 Å². The minimum atomic E-state index is -1.32. The molecule has 0 heterocycles. The van der Waals surface area contributed by atoms with Crippen molar-refractivity contribution in [1.82, 2.24) is 0 Å². The molecule has 0 spiro atoms. The summed E-state index contributed by atoms with van der Waals surface area (Å²) in [5.41, 5.74) is -0.386. The van der Waals surface area contributed by atoms with E-state index in [4.69, 9.17) is 9.84 Å². The minimum Gasteiger partial charge on any atom is -0.481 e. The molecule has 0 saturated heterocycles. The molecule has 18 heavy (non-hydrogen) atoms. The maximum absolute atomic E-state index is 11.9. The third-order valence-corrected chi connectivity index (χ3v) is 4.39. The highest BCUT2D eigenvalue weighted by atomic mass is 31.1. The number of hydrogen-bond donors (Lipinski definition) is 1. The fraction of sp³-hybridized carbons (Fsp3) is 0.923. The lowest BCUT2D eigenvalue weighted by Crippen LogP contribution is -2.21. The second-order valence-electron chi connectivity index (χ2n) is 6.38. The molecule has 1 unspecified atom stereocenters. The maximum Gasteiger partial charge on any atom is 0.341 e. The van der Waals surface area contributed by atoms with Crippen LogP contribution in [0.1, 0.15) is 47.5 Å². The highest BCUT2D eigenvalue weighted by Crippen LogP contribution is 2.34. The fourth-order valence-electron chi connectivity index (χ4n) is 1.53. The molecule has 1 N–H and O–H groups in total. The topological polar surface area (TPSA) is 63.6 Å². The molecule has 0 aromatic heterocycles. The number of hydrogen-bond acceptors (Lipinski definition) is 3. The molecular formula is C13H26O4P+. The lowest BCUT2D eigenvalue weighted by Gasteiger charge is -2.19. The fourth-order valence-corrected chi connectivity index (χ4v) is 3.10. The molecule has 0 fully saturated rings. The smallest absolute Gasteiger partial charge is 0.341 e. The van der Waals surface area contributed by atoms with Gasteiger partial charge in [0, 0.05) is 11.8 Å². The summed E-state index contributed by atoms with van der Waals surface area (Å²) in [6.07, 6.45) is 1.80.